The minimum absolute atomic E-state index is 0.345. The SMILES string of the molecule is CN=C(NCCN1CCCN(C)CC1)NCC(c1ccc(OC)cc1)N1CCCC1. The Labute approximate surface area is 182 Å². The van der Waals surface area contributed by atoms with Crippen LogP contribution in [0, 0.1) is 0 Å². The van der Waals surface area contributed by atoms with Gasteiger partial charge in [-0.3, -0.25) is 9.89 Å². The highest BCUT2D eigenvalue weighted by Gasteiger charge is 2.23. The quantitative estimate of drug-likeness (QED) is 0.496. The molecule has 2 aliphatic heterocycles. The molecule has 1 unspecified atom stereocenters. The molecule has 7 nitrogen and oxygen atoms in total. The monoisotopic (exact) mass is 416 g/mol. The standard InChI is InChI=1S/C23H40N6O/c1-24-23(25-11-16-28-13-6-12-27(2)17-18-28)26-19-22(29-14-4-5-15-29)20-7-9-21(30-3)10-8-20/h7-10,22H,4-6,11-19H2,1-3H3,(H2,24,25,26). The maximum absolute atomic E-state index is 5.33. The zero-order valence-corrected chi connectivity index (χ0v) is 19.1. The van der Waals surface area contributed by atoms with Crippen molar-refractivity contribution in [3.05, 3.63) is 29.8 Å². The van der Waals surface area contributed by atoms with Crippen molar-refractivity contribution >= 4 is 5.96 Å². The average molecular weight is 417 g/mol. The summed E-state index contributed by atoms with van der Waals surface area (Å²) >= 11 is 0. The van der Waals surface area contributed by atoms with Crippen LogP contribution in [0.1, 0.15) is 30.9 Å². The molecule has 30 heavy (non-hydrogen) atoms. The molecule has 1 aromatic carbocycles. The molecule has 3 rings (SSSR count). The van der Waals surface area contributed by atoms with Crippen LogP contribution >= 0.6 is 0 Å². The number of aliphatic imine (C=N–C) groups is 1. The van der Waals surface area contributed by atoms with E-state index in [9.17, 15) is 0 Å². The lowest BCUT2D eigenvalue weighted by molar-refractivity contribution is 0.245. The van der Waals surface area contributed by atoms with Crippen molar-refractivity contribution in [2.75, 3.05) is 80.1 Å². The Bertz CT molecular complexity index is 644. The molecule has 2 aliphatic rings. The van der Waals surface area contributed by atoms with Gasteiger partial charge in [-0.25, -0.2) is 0 Å². The Kier molecular flexibility index (Phi) is 9.24. The van der Waals surface area contributed by atoms with Gasteiger partial charge in [-0.1, -0.05) is 12.1 Å². The number of rotatable bonds is 8. The van der Waals surface area contributed by atoms with Crippen LogP contribution in [0.5, 0.6) is 5.75 Å². The van der Waals surface area contributed by atoms with Gasteiger partial charge in [0, 0.05) is 39.8 Å². The van der Waals surface area contributed by atoms with E-state index in [2.05, 4.69) is 61.6 Å². The van der Waals surface area contributed by atoms with Gasteiger partial charge < -0.3 is 25.2 Å². The number of benzene rings is 1. The predicted molar refractivity (Wildman–Crippen MR) is 124 cm³/mol. The minimum atomic E-state index is 0.345. The molecule has 0 spiro atoms. The van der Waals surface area contributed by atoms with Gasteiger partial charge in [0.15, 0.2) is 5.96 Å². The van der Waals surface area contributed by atoms with E-state index in [4.69, 9.17) is 4.74 Å². The minimum Gasteiger partial charge on any atom is -0.497 e. The molecule has 0 amide bonds. The van der Waals surface area contributed by atoms with E-state index >= 15 is 0 Å². The number of guanidine groups is 1. The maximum Gasteiger partial charge on any atom is 0.191 e. The summed E-state index contributed by atoms with van der Waals surface area (Å²) in [6.45, 7) is 9.85. The Morgan fingerprint density at radius 3 is 2.47 bits per heavy atom. The number of likely N-dealkylation sites (tertiary alicyclic amines) is 1. The summed E-state index contributed by atoms with van der Waals surface area (Å²) < 4.78 is 5.33. The maximum atomic E-state index is 5.33. The lowest BCUT2D eigenvalue weighted by Gasteiger charge is -2.29. The van der Waals surface area contributed by atoms with Gasteiger partial charge in [-0.2, -0.15) is 0 Å². The zero-order chi connectivity index (χ0) is 21.2. The Morgan fingerprint density at radius 2 is 1.77 bits per heavy atom. The first-order valence-corrected chi connectivity index (χ1v) is 11.4. The van der Waals surface area contributed by atoms with Gasteiger partial charge in [0.2, 0.25) is 0 Å². The van der Waals surface area contributed by atoms with Gasteiger partial charge >= 0.3 is 0 Å². The molecule has 0 radical (unpaired) electrons. The molecule has 0 aromatic heterocycles. The third-order valence-corrected chi connectivity index (χ3v) is 6.30. The second-order valence-corrected chi connectivity index (χ2v) is 8.41. The van der Waals surface area contributed by atoms with Crippen LogP contribution in [0.25, 0.3) is 0 Å². The number of methoxy groups -OCH3 is 1. The molecule has 0 saturated carbocycles. The van der Waals surface area contributed by atoms with Crippen LogP contribution < -0.4 is 15.4 Å². The van der Waals surface area contributed by atoms with Gasteiger partial charge in [-0.15, -0.1) is 0 Å². The average Bonchev–Trinajstić information content (AvgIpc) is 3.22. The van der Waals surface area contributed by atoms with Crippen molar-refractivity contribution in [1.29, 1.82) is 0 Å². The van der Waals surface area contributed by atoms with Crippen molar-refractivity contribution < 1.29 is 4.74 Å². The summed E-state index contributed by atoms with van der Waals surface area (Å²) in [7, 11) is 5.79. The van der Waals surface area contributed by atoms with E-state index in [0.29, 0.717) is 6.04 Å². The molecule has 0 bridgehead atoms. The lowest BCUT2D eigenvalue weighted by Crippen LogP contribution is -2.45. The Balaban J connectivity index is 1.50. The number of ether oxygens (including phenoxy) is 1. The van der Waals surface area contributed by atoms with Gasteiger partial charge in [0.05, 0.1) is 13.2 Å². The van der Waals surface area contributed by atoms with Crippen LogP contribution in [0.3, 0.4) is 0 Å². The number of nitrogens with one attached hydrogen (secondary N) is 2. The summed E-state index contributed by atoms with van der Waals surface area (Å²) in [5.74, 6) is 1.80. The highest BCUT2D eigenvalue weighted by Crippen LogP contribution is 2.26. The first-order chi connectivity index (χ1) is 14.7. The van der Waals surface area contributed by atoms with Crippen LogP contribution in [-0.4, -0.2) is 101 Å². The van der Waals surface area contributed by atoms with Crippen molar-refractivity contribution in [2.24, 2.45) is 4.99 Å². The van der Waals surface area contributed by atoms with Crippen molar-refractivity contribution in [2.45, 2.75) is 25.3 Å². The zero-order valence-electron chi connectivity index (χ0n) is 19.1. The van der Waals surface area contributed by atoms with Crippen LogP contribution in [0.15, 0.2) is 29.3 Å². The third-order valence-electron chi connectivity index (χ3n) is 6.30. The second-order valence-electron chi connectivity index (χ2n) is 8.41. The second kappa shape index (κ2) is 12.1. The molecular weight excluding hydrogens is 376 g/mol. The Hall–Kier alpha value is -1.83. The molecule has 2 heterocycles. The first kappa shape index (κ1) is 22.8. The van der Waals surface area contributed by atoms with Crippen molar-refractivity contribution in [3.8, 4) is 5.75 Å². The molecule has 1 aromatic rings. The predicted octanol–water partition coefficient (Wildman–Crippen LogP) is 1.63. The van der Waals surface area contributed by atoms with Gasteiger partial charge in [-0.05, 0) is 70.2 Å². The molecule has 0 aliphatic carbocycles. The third kappa shape index (κ3) is 6.86. The summed E-state index contributed by atoms with van der Waals surface area (Å²) in [5.41, 5.74) is 1.33. The summed E-state index contributed by atoms with van der Waals surface area (Å²) in [4.78, 5) is 12.0. The first-order valence-electron chi connectivity index (χ1n) is 11.4. The summed E-state index contributed by atoms with van der Waals surface area (Å²) in [6.07, 6.45) is 3.82. The van der Waals surface area contributed by atoms with Gasteiger partial charge in [0.1, 0.15) is 5.75 Å². The summed E-state index contributed by atoms with van der Waals surface area (Å²) in [6, 6.07) is 8.85. The number of hydrogen-bond acceptors (Lipinski definition) is 5. The fourth-order valence-corrected chi connectivity index (χ4v) is 4.41. The molecule has 2 N–H and O–H groups in total. The van der Waals surface area contributed by atoms with E-state index in [1.807, 2.05) is 7.05 Å². The molecule has 168 valence electrons. The normalized spacial score (nSPS) is 20.7. The van der Waals surface area contributed by atoms with Crippen molar-refractivity contribution in [3.63, 3.8) is 0 Å². The molecular formula is C23H40N6O. The fourth-order valence-electron chi connectivity index (χ4n) is 4.41. The molecule has 7 heteroatoms. The smallest absolute Gasteiger partial charge is 0.191 e. The number of likely N-dealkylation sites (N-methyl/N-ethyl adjacent to an activating group) is 1. The van der Waals surface area contributed by atoms with Crippen LogP contribution in [0.2, 0.25) is 0 Å². The van der Waals surface area contributed by atoms with E-state index in [-0.39, 0.29) is 0 Å². The fraction of sp³-hybridized carbons (Fsp3) is 0.696. The Morgan fingerprint density at radius 1 is 1.00 bits per heavy atom. The van der Waals surface area contributed by atoms with E-state index < -0.39 is 0 Å². The van der Waals surface area contributed by atoms with E-state index in [1.54, 1.807) is 7.11 Å². The highest BCUT2D eigenvalue weighted by molar-refractivity contribution is 5.79. The van der Waals surface area contributed by atoms with E-state index in [0.717, 1.165) is 57.5 Å². The summed E-state index contributed by atoms with van der Waals surface area (Å²) in [5, 5.41) is 7.08. The van der Waals surface area contributed by atoms with Crippen LogP contribution in [0.4, 0.5) is 0 Å². The number of hydrogen-bond donors (Lipinski definition) is 2. The number of nitrogens with zero attached hydrogens (tertiary/aromatic N) is 4. The van der Waals surface area contributed by atoms with Crippen LogP contribution in [-0.2, 0) is 0 Å². The largest absolute Gasteiger partial charge is 0.497 e. The topological polar surface area (TPSA) is 55.4 Å². The lowest BCUT2D eigenvalue weighted by atomic mass is 10.1. The molecule has 2 saturated heterocycles. The highest BCUT2D eigenvalue weighted by atomic mass is 16.5. The van der Waals surface area contributed by atoms with Gasteiger partial charge in [0.25, 0.3) is 0 Å². The van der Waals surface area contributed by atoms with Crippen molar-refractivity contribution in [1.82, 2.24) is 25.3 Å². The molecule has 2 fully saturated rings. The van der Waals surface area contributed by atoms with E-state index in [1.165, 1.54) is 37.9 Å². The molecule has 1 atom stereocenters.